The van der Waals surface area contributed by atoms with Crippen LogP contribution in [0.25, 0.3) is 11.1 Å². The zero-order valence-corrected chi connectivity index (χ0v) is 21.2. The van der Waals surface area contributed by atoms with E-state index in [1.54, 1.807) is 42.5 Å². The molecule has 0 atom stereocenters. The summed E-state index contributed by atoms with van der Waals surface area (Å²) in [5.74, 6) is -0.528. The fraction of sp³-hybridized carbons (Fsp3) is 0.161. The van der Waals surface area contributed by atoms with Gasteiger partial charge in [-0.3, -0.25) is 0 Å². The standard InChI is InChI=1S/C31H24ClF2NO3/c32-22-11-16-30(37-18-20-7-12-23(33)13-8-20)27(17-22)25-3-1-4-26(25)28-5-2-6-29(35-28)31(36)38-19-21-9-14-24(34)15-10-21/h2,5-17H,1,3-4,18-19H2. The van der Waals surface area contributed by atoms with Crippen LogP contribution in [0.1, 0.15) is 52.1 Å². The number of nitrogens with zero attached hydrogens (tertiary/aromatic N) is 1. The topological polar surface area (TPSA) is 48.4 Å². The van der Waals surface area contributed by atoms with Gasteiger partial charge in [-0.05, 0) is 96.1 Å². The number of carbonyl (C=O) groups excluding carboxylic acids is 1. The maximum Gasteiger partial charge on any atom is 0.357 e. The molecule has 0 amide bonds. The van der Waals surface area contributed by atoms with E-state index in [4.69, 9.17) is 21.1 Å². The van der Waals surface area contributed by atoms with Crippen molar-refractivity contribution in [1.29, 1.82) is 0 Å². The molecule has 0 bridgehead atoms. The van der Waals surface area contributed by atoms with Crippen LogP contribution >= 0.6 is 11.6 Å². The number of hydrogen-bond acceptors (Lipinski definition) is 4. The Kier molecular flexibility index (Phi) is 7.80. The highest BCUT2D eigenvalue weighted by Crippen LogP contribution is 2.43. The monoisotopic (exact) mass is 531 g/mol. The molecule has 0 spiro atoms. The average Bonchev–Trinajstić information content (AvgIpc) is 3.43. The Bertz CT molecular complexity index is 1480. The maximum absolute atomic E-state index is 13.3. The summed E-state index contributed by atoms with van der Waals surface area (Å²) in [6, 6.07) is 22.7. The van der Waals surface area contributed by atoms with Crippen LogP contribution in [0.4, 0.5) is 8.78 Å². The lowest BCUT2D eigenvalue weighted by Gasteiger charge is -2.15. The minimum Gasteiger partial charge on any atom is -0.488 e. The number of rotatable bonds is 8. The third kappa shape index (κ3) is 6.09. The fourth-order valence-corrected chi connectivity index (χ4v) is 4.62. The van der Waals surface area contributed by atoms with E-state index in [2.05, 4.69) is 4.98 Å². The lowest BCUT2D eigenvalue weighted by Crippen LogP contribution is -2.08. The number of carbonyl (C=O) groups is 1. The van der Waals surface area contributed by atoms with Crippen LogP contribution in [0.15, 0.2) is 84.9 Å². The molecule has 1 heterocycles. The van der Waals surface area contributed by atoms with Gasteiger partial charge in [0.1, 0.15) is 36.3 Å². The van der Waals surface area contributed by atoms with Gasteiger partial charge >= 0.3 is 5.97 Å². The van der Waals surface area contributed by atoms with Gasteiger partial charge in [0.05, 0.1) is 5.69 Å². The smallest absolute Gasteiger partial charge is 0.357 e. The molecule has 4 nitrogen and oxygen atoms in total. The van der Waals surface area contributed by atoms with Crippen LogP contribution in [0.5, 0.6) is 5.75 Å². The number of aromatic nitrogens is 1. The van der Waals surface area contributed by atoms with Crippen molar-refractivity contribution in [3.05, 3.63) is 130 Å². The highest BCUT2D eigenvalue weighted by Gasteiger charge is 2.23. The van der Waals surface area contributed by atoms with E-state index in [0.29, 0.717) is 22.0 Å². The average molecular weight is 532 g/mol. The van der Waals surface area contributed by atoms with Gasteiger partial charge in [0.15, 0.2) is 0 Å². The minimum absolute atomic E-state index is 0.0240. The number of pyridine rings is 1. The first kappa shape index (κ1) is 25.6. The number of ether oxygens (including phenoxy) is 2. The van der Waals surface area contributed by atoms with E-state index in [0.717, 1.165) is 41.5 Å². The van der Waals surface area contributed by atoms with Gasteiger partial charge < -0.3 is 9.47 Å². The maximum atomic E-state index is 13.3. The first-order valence-corrected chi connectivity index (χ1v) is 12.6. The van der Waals surface area contributed by atoms with Gasteiger partial charge in [0, 0.05) is 10.6 Å². The molecule has 3 aromatic carbocycles. The Morgan fingerprint density at radius 2 is 1.47 bits per heavy atom. The number of allylic oxidation sites excluding steroid dienone is 2. The first-order chi connectivity index (χ1) is 18.5. The fourth-order valence-electron chi connectivity index (χ4n) is 4.45. The van der Waals surface area contributed by atoms with Crippen LogP contribution in [0.2, 0.25) is 5.02 Å². The zero-order chi connectivity index (χ0) is 26.5. The van der Waals surface area contributed by atoms with Crippen molar-refractivity contribution < 1.29 is 23.0 Å². The van der Waals surface area contributed by atoms with Crippen LogP contribution in [-0.2, 0) is 18.0 Å². The second kappa shape index (κ2) is 11.6. The van der Waals surface area contributed by atoms with E-state index in [9.17, 15) is 13.6 Å². The molecule has 1 aliphatic rings. The van der Waals surface area contributed by atoms with Crippen molar-refractivity contribution in [2.24, 2.45) is 0 Å². The van der Waals surface area contributed by atoms with Crippen molar-refractivity contribution in [3.8, 4) is 5.75 Å². The second-order valence-corrected chi connectivity index (χ2v) is 9.41. The van der Waals surface area contributed by atoms with Gasteiger partial charge in [-0.25, -0.2) is 18.6 Å². The molecule has 0 radical (unpaired) electrons. The van der Waals surface area contributed by atoms with E-state index < -0.39 is 5.97 Å². The van der Waals surface area contributed by atoms with Crippen LogP contribution in [0, 0.1) is 11.6 Å². The zero-order valence-electron chi connectivity index (χ0n) is 20.4. The molecule has 0 saturated carbocycles. The number of esters is 1. The molecule has 0 fully saturated rings. The molecule has 0 N–H and O–H groups in total. The summed E-state index contributed by atoms with van der Waals surface area (Å²) in [6.45, 7) is 0.307. The Labute approximate surface area is 224 Å². The molecule has 38 heavy (non-hydrogen) atoms. The van der Waals surface area contributed by atoms with Crippen molar-refractivity contribution in [3.63, 3.8) is 0 Å². The summed E-state index contributed by atoms with van der Waals surface area (Å²) in [6.07, 6.45) is 2.53. The first-order valence-electron chi connectivity index (χ1n) is 12.2. The van der Waals surface area contributed by atoms with Gasteiger partial charge in [0.25, 0.3) is 0 Å². The molecule has 1 aromatic heterocycles. The van der Waals surface area contributed by atoms with Crippen molar-refractivity contribution in [1.82, 2.24) is 4.98 Å². The summed E-state index contributed by atoms with van der Waals surface area (Å²) in [4.78, 5) is 17.3. The minimum atomic E-state index is -0.553. The summed E-state index contributed by atoms with van der Waals surface area (Å²) in [5, 5.41) is 0.582. The molecule has 0 aliphatic heterocycles. The lowest BCUT2D eigenvalue weighted by atomic mass is 9.99. The SMILES string of the molecule is O=C(OCc1ccc(F)cc1)c1cccc(C2=C(c3cc(Cl)ccc3OCc3ccc(F)cc3)CCC2)n1. The predicted molar refractivity (Wildman–Crippen MR) is 143 cm³/mol. The van der Waals surface area contributed by atoms with E-state index in [1.807, 2.05) is 18.2 Å². The molecule has 7 heteroatoms. The Hall–Kier alpha value is -4.03. The van der Waals surface area contributed by atoms with Gasteiger partial charge in [-0.2, -0.15) is 0 Å². The number of benzene rings is 3. The number of hydrogen-bond donors (Lipinski definition) is 0. The highest BCUT2D eigenvalue weighted by molar-refractivity contribution is 6.30. The molecule has 5 rings (SSSR count). The highest BCUT2D eigenvalue weighted by atomic mass is 35.5. The van der Waals surface area contributed by atoms with Gasteiger partial charge in [-0.1, -0.05) is 41.9 Å². The normalized spacial score (nSPS) is 13.0. The second-order valence-electron chi connectivity index (χ2n) is 8.98. The Morgan fingerprint density at radius 1 is 0.816 bits per heavy atom. The quantitative estimate of drug-likeness (QED) is 0.216. The van der Waals surface area contributed by atoms with E-state index in [-0.39, 0.29) is 30.5 Å². The van der Waals surface area contributed by atoms with Gasteiger partial charge in [0.2, 0.25) is 0 Å². The largest absolute Gasteiger partial charge is 0.488 e. The molecular weight excluding hydrogens is 508 g/mol. The van der Waals surface area contributed by atoms with Crippen molar-refractivity contribution >= 4 is 28.7 Å². The molecule has 0 saturated heterocycles. The predicted octanol–water partition coefficient (Wildman–Crippen LogP) is 8.04. The van der Waals surface area contributed by atoms with E-state index >= 15 is 0 Å². The third-order valence-electron chi connectivity index (χ3n) is 6.34. The van der Waals surface area contributed by atoms with Crippen LogP contribution < -0.4 is 4.74 Å². The Morgan fingerprint density at radius 3 is 2.18 bits per heavy atom. The molecule has 192 valence electrons. The van der Waals surface area contributed by atoms with E-state index in [1.165, 1.54) is 24.3 Å². The summed E-state index contributed by atoms with van der Waals surface area (Å²) < 4.78 is 37.9. The van der Waals surface area contributed by atoms with Gasteiger partial charge in [-0.15, -0.1) is 0 Å². The summed E-state index contributed by atoms with van der Waals surface area (Å²) in [7, 11) is 0. The molecule has 0 unspecified atom stereocenters. The molecule has 4 aromatic rings. The summed E-state index contributed by atoms with van der Waals surface area (Å²) in [5.41, 5.74) is 5.38. The van der Waals surface area contributed by atoms with Crippen LogP contribution in [-0.4, -0.2) is 11.0 Å². The van der Waals surface area contributed by atoms with Crippen LogP contribution in [0.3, 0.4) is 0 Å². The van der Waals surface area contributed by atoms with Crippen molar-refractivity contribution in [2.45, 2.75) is 32.5 Å². The number of halogens is 3. The Balaban J connectivity index is 1.38. The third-order valence-corrected chi connectivity index (χ3v) is 6.58. The van der Waals surface area contributed by atoms with Crippen molar-refractivity contribution in [2.75, 3.05) is 0 Å². The lowest BCUT2D eigenvalue weighted by molar-refractivity contribution is 0.0465. The molecular formula is C31H24ClF2NO3. The summed E-state index contributed by atoms with van der Waals surface area (Å²) >= 11 is 6.37. The molecule has 1 aliphatic carbocycles.